The first-order valence-electron chi connectivity index (χ1n) is 10.3. The average molecular weight is 510 g/mol. The van der Waals surface area contributed by atoms with Crippen molar-refractivity contribution in [1.82, 2.24) is 4.90 Å². The minimum Gasteiger partial charge on any atom is -0.493 e. The van der Waals surface area contributed by atoms with Crippen LogP contribution in [0.25, 0.3) is 11.8 Å². The van der Waals surface area contributed by atoms with Gasteiger partial charge in [0.2, 0.25) is 0 Å². The standard InChI is InChI=1S/C26H24BrNO5/c1-28-19(14-17-10-12-21(31-3)25(32-4)23(17)27)22-18(26(28)29)11-13-20(30-2)24(22)33-15-16-8-6-5-7-9-16/h5-14H,15H2,1-4H3/b19-14-. The van der Waals surface area contributed by atoms with Crippen molar-refractivity contribution in [1.29, 1.82) is 0 Å². The van der Waals surface area contributed by atoms with E-state index in [1.165, 1.54) is 0 Å². The topological polar surface area (TPSA) is 57.2 Å². The van der Waals surface area contributed by atoms with E-state index in [0.717, 1.165) is 15.6 Å². The molecule has 0 saturated heterocycles. The van der Waals surface area contributed by atoms with Crippen LogP contribution < -0.4 is 18.9 Å². The number of nitrogens with zero attached hydrogens (tertiary/aromatic N) is 1. The molecule has 0 radical (unpaired) electrons. The number of halogens is 1. The van der Waals surface area contributed by atoms with E-state index in [1.54, 1.807) is 45.4 Å². The number of carbonyl (C=O) groups excluding carboxylic acids is 1. The maximum Gasteiger partial charge on any atom is 0.258 e. The van der Waals surface area contributed by atoms with Gasteiger partial charge in [-0.3, -0.25) is 4.79 Å². The highest BCUT2D eigenvalue weighted by atomic mass is 79.9. The van der Waals surface area contributed by atoms with E-state index in [0.29, 0.717) is 46.4 Å². The monoisotopic (exact) mass is 509 g/mol. The number of benzene rings is 3. The van der Waals surface area contributed by atoms with Crippen LogP contribution in [0, 0.1) is 0 Å². The molecular weight excluding hydrogens is 486 g/mol. The van der Waals surface area contributed by atoms with Crippen molar-refractivity contribution in [2.24, 2.45) is 0 Å². The second-order valence-corrected chi connectivity index (χ2v) is 8.18. The SMILES string of the molecule is COc1ccc(/C=C2/c3c(ccc(OC)c3OCc3ccccc3)C(=O)N2C)c(Br)c1OC. The fourth-order valence-corrected chi connectivity index (χ4v) is 4.42. The molecule has 1 aliphatic heterocycles. The van der Waals surface area contributed by atoms with Crippen LogP contribution in [0.3, 0.4) is 0 Å². The van der Waals surface area contributed by atoms with E-state index >= 15 is 0 Å². The van der Waals surface area contributed by atoms with Crippen molar-refractivity contribution in [3.8, 4) is 23.0 Å². The summed E-state index contributed by atoms with van der Waals surface area (Å²) in [6.07, 6.45) is 1.92. The van der Waals surface area contributed by atoms with Gasteiger partial charge in [0, 0.05) is 7.05 Å². The lowest BCUT2D eigenvalue weighted by molar-refractivity contribution is 0.0875. The molecule has 0 spiro atoms. The van der Waals surface area contributed by atoms with Gasteiger partial charge in [0.1, 0.15) is 6.61 Å². The molecule has 7 heteroatoms. The second kappa shape index (κ2) is 9.58. The minimum atomic E-state index is -0.111. The number of amides is 1. The third kappa shape index (κ3) is 4.16. The fraction of sp³-hybridized carbons (Fsp3) is 0.192. The zero-order valence-electron chi connectivity index (χ0n) is 18.8. The highest BCUT2D eigenvalue weighted by molar-refractivity contribution is 9.10. The molecule has 6 nitrogen and oxygen atoms in total. The largest absolute Gasteiger partial charge is 0.493 e. The van der Waals surface area contributed by atoms with Crippen LogP contribution in [-0.2, 0) is 6.61 Å². The molecule has 0 bridgehead atoms. The number of methoxy groups -OCH3 is 3. The molecule has 170 valence electrons. The van der Waals surface area contributed by atoms with Gasteiger partial charge in [0.25, 0.3) is 5.91 Å². The Balaban J connectivity index is 1.84. The molecule has 1 amide bonds. The molecule has 0 aliphatic carbocycles. The van der Waals surface area contributed by atoms with Gasteiger partial charge in [0.15, 0.2) is 23.0 Å². The molecule has 4 rings (SSSR count). The Morgan fingerprint density at radius 3 is 2.21 bits per heavy atom. The number of rotatable bonds is 7. The molecule has 3 aromatic carbocycles. The van der Waals surface area contributed by atoms with Crippen LogP contribution in [0.5, 0.6) is 23.0 Å². The molecular formula is C26H24BrNO5. The average Bonchev–Trinajstić information content (AvgIpc) is 3.08. The minimum absolute atomic E-state index is 0.111. The van der Waals surface area contributed by atoms with Gasteiger partial charge in [-0.05, 0) is 57.4 Å². The second-order valence-electron chi connectivity index (χ2n) is 7.39. The van der Waals surface area contributed by atoms with E-state index in [2.05, 4.69) is 15.9 Å². The summed E-state index contributed by atoms with van der Waals surface area (Å²) in [5.41, 5.74) is 3.79. The molecule has 0 saturated carbocycles. The Morgan fingerprint density at radius 2 is 1.55 bits per heavy atom. The summed E-state index contributed by atoms with van der Waals surface area (Å²) in [5, 5.41) is 0. The van der Waals surface area contributed by atoms with E-state index in [9.17, 15) is 4.79 Å². The van der Waals surface area contributed by atoms with Crippen molar-refractivity contribution in [3.05, 3.63) is 81.3 Å². The van der Waals surface area contributed by atoms with Gasteiger partial charge in [-0.25, -0.2) is 0 Å². The lowest BCUT2D eigenvalue weighted by Crippen LogP contribution is -2.17. The smallest absolute Gasteiger partial charge is 0.258 e. The molecule has 0 fully saturated rings. The van der Waals surface area contributed by atoms with Crippen LogP contribution in [0.4, 0.5) is 0 Å². The Hall–Kier alpha value is -3.45. The molecule has 1 heterocycles. The lowest BCUT2D eigenvalue weighted by Gasteiger charge is -2.17. The molecule has 1 aliphatic rings. The summed E-state index contributed by atoms with van der Waals surface area (Å²) in [6, 6.07) is 17.1. The highest BCUT2D eigenvalue weighted by Gasteiger charge is 2.34. The lowest BCUT2D eigenvalue weighted by atomic mass is 10.0. The summed E-state index contributed by atoms with van der Waals surface area (Å²) in [6.45, 7) is 0.346. The summed E-state index contributed by atoms with van der Waals surface area (Å²) < 4.78 is 23.4. The molecule has 0 aromatic heterocycles. The van der Waals surface area contributed by atoms with Gasteiger partial charge < -0.3 is 23.8 Å². The van der Waals surface area contributed by atoms with Crippen molar-refractivity contribution in [2.75, 3.05) is 28.4 Å². The molecule has 0 unspecified atom stereocenters. The quantitative estimate of drug-likeness (QED) is 0.412. The molecule has 3 aromatic rings. The van der Waals surface area contributed by atoms with Crippen molar-refractivity contribution < 1.29 is 23.7 Å². The Morgan fingerprint density at radius 1 is 0.879 bits per heavy atom. The number of fused-ring (bicyclic) bond motifs is 1. The Kier molecular flexibility index (Phi) is 6.60. The van der Waals surface area contributed by atoms with E-state index < -0.39 is 0 Å². The van der Waals surface area contributed by atoms with Crippen LogP contribution in [0.2, 0.25) is 0 Å². The van der Waals surface area contributed by atoms with Crippen LogP contribution >= 0.6 is 15.9 Å². The van der Waals surface area contributed by atoms with Gasteiger partial charge in [-0.1, -0.05) is 30.3 Å². The third-order valence-electron chi connectivity index (χ3n) is 5.53. The van der Waals surface area contributed by atoms with Crippen molar-refractivity contribution in [3.63, 3.8) is 0 Å². The zero-order chi connectivity index (χ0) is 23.5. The predicted molar refractivity (Wildman–Crippen MR) is 131 cm³/mol. The fourth-order valence-electron chi connectivity index (χ4n) is 3.82. The summed E-state index contributed by atoms with van der Waals surface area (Å²) in [7, 11) is 6.51. The van der Waals surface area contributed by atoms with E-state index in [-0.39, 0.29) is 5.91 Å². The van der Waals surface area contributed by atoms with Gasteiger partial charge in [-0.2, -0.15) is 0 Å². The first-order valence-corrected chi connectivity index (χ1v) is 11.1. The van der Waals surface area contributed by atoms with Crippen LogP contribution in [0.15, 0.2) is 59.1 Å². The van der Waals surface area contributed by atoms with E-state index in [1.807, 2.05) is 48.5 Å². The summed E-state index contributed by atoms with van der Waals surface area (Å²) in [4.78, 5) is 14.7. The molecule has 0 N–H and O–H groups in total. The Bertz CT molecular complexity index is 1220. The Labute approximate surface area is 201 Å². The van der Waals surface area contributed by atoms with Crippen LogP contribution in [0.1, 0.15) is 27.0 Å². The molecule has 0 atom stereocenters. The van der Waals surface area contributed by atoms with Crippen LogP contribution in [-0.4, -0.2) is 39.2 Å². The highest BCUT2D eigenvalue weighted by Crippen LogP contribution is 2.46. The third-order valence-corrected chi connectivity index (χ3v) is 6.35. The number of hydrogen-bond acceptors (Lipinski definition) is 5. The van der Waals surface area contributed by atoms with Crippen molar-refractivity contribution >= 4 is 33.6 Å². The van der Waals surface area contributed by atoms with Gasteiger partial charge in [0.05, 0.1) is 42.6 Å². The summed E-state index contributed by atoms with van der Waals surface area (Å²) in [5.74, 6) is 2.16. The first-order chi connectivity index (χ1) is 16.0. The predicted octanol–water partition coefficient (Wildman–Crippen LogP) is 5.64. The van der Waals surface area contributed by atoms with Gasteiger partial charge in [-0.15, -0.1) is 0 Å². The molecule has 33 heavy (non-hydrogen) atoms. The normalized spacial score (nSPS) is 13.8. The number of hydrogen-bond donors (Lipinski definition) is 0. The number of carbonyl (C=O) groups is 1. The van der Waals surface area contributed by atoms with E-state index in [4.69, 9.17) is 18.9 Å². The summed E-state index contributed by atoms with van der Waals surface area (Å²) >= 11 is 3.61. The first kappa shape index (κ1) is 22.7. The zero-order valence-corrected chi connectivity index (χ0v) is 20.4. The maximum atomic E-state index is 13.1. The van der Waals surface area contributed by atoms with Gasteiger partial charge >= 0.3 is 0 Å². The number of ether oxygens (including phenoxy) is 4. The van der Waals surface area contributed by atoms with Crippen molar-refractivity contribution in [2.45, 2.75) is 6.61 Å². The maximum absolute atomic E-state index is 13.1.